The molecule has 1 aromatic carbocycles. The zero-order valence-corrected chi connectivity index (χ0v) is 17.2. The Kier molecular flexibility index (Phi) is 5.88. The molecule has 33 heavy (non-hydrogen) atoms. The van der Waals surface area contributed by atoms with Crippen LogP contribution < -0.4 is 11.1 Å². The van der Waals surface area contributed by atoms with Gasteiger partial charge in [0, 0.05) is 24.2 Å². The second-order valence-corrected chi connectivity index (χ2v) is 7.13. The number of anilines is 1. The van der Waals surface area contributed by atoms with Crippen LogP contribution in [-0.4, -0.2) is 65.4 Å². The summed E-state index contributed by atoms with van der Waals surface area (Å²) in [7, 11) is 0. The van der Waals surface area contributed by atoms with Crippen molar-refractivity contribution in [3.05, 3.63) is 52.1 Å². The number of imidazole rings is 1. The molecule has 3 heterocycles. The van der Waals surface area contributed by atoms with E-state index < -0.39 is 35.4 Å². The molecule has 170 valence electrons. The van der Waals surface area contributed by atoms with E-state index in [4.69, 9.17) is 10.5 Å². The fourth-order valence-corrected chi connectivity index (χ4v) is 3.36. The van der Waals surface area contributed by atoms with Gasteiger partial charge in [0.05, 0.1) is 11.3 Å². The summed E-state index contributed by atoms with van der Waals surface area (Å²) < 4.78 is 6.96. The highest BCUT2D eigenvalue weighted by Crippen LogP contribution is 2.32. The van der Waals surface area contributed by atoms with E-state index in [1.165, 1.54) is 35.2 Å². The van der Waals surface area contributed by atoms with Crippen LogP contribution in [-0.2, 0) is 9.53 Å². The van der Waals surface area contributed by atoms with Crippen molar-refractivity contribution >= 4 is 28.6 Å². The number of carbonyl (C=O) groups excluding carboxylic acids is 1. The van der Waals surface area contributed by atoms with Gasteiger partial charge in [-0.1, -0.05) is 5.92 Å². The molecule has 1 saturated heterocycles. The third-order valence-corrected chi connectivity index (χ3v) is 4.97. The molecule has 13 heteroatoms. The van der Waals surface area contributed by atoms with Crippen molar-refractivity contribution in [2.75, 3.05) is 12.3 Å². The van der Waals surface area contributed by atoms with Crippen molar-refractivity contribution < 1.29 is 24.7 Å². The van der Waals surface area contributed by atoms with E-state index in [2.05, 4.69) is 32.1 Å². The van der Waals surface area contributed by atoms with Gasteiger partial charge in [0.2, 0.25) is 5.82 Å². The highest BCUT2D eigenvalue weighted by molar-refractivity contribution is 5.83. The first-order valence-corrected chi connectivity index (χ1v) is 9.86. The zero-order valence-electron chi connectivity index (χ0n) is 17.2. The summed E-state index contributed by atoms with van der Waals surface area (Å²) >= 11 is 0. The molecular weight excluding hydrogens is 434 g/mol. The van der Waals surface area contributed by atoms with Crippen LogP contribution in [0.2, 0.25) is 0 Å². The van der Waals surface area contributed by atoms with Gasteiger partial charge in [0.25, 0.3) is 11.6 Å². The Balaban J connectivity index is 1.66. The molecule has 2 aromatic heterocycles. The Morgan fingerprint density at radius 2 is 2.00 bits per heavy atom. The first-order chi connectivity index (χ1) is 15.8. The number of nitrogens with two attached hydrogens (primary N) is 1. The van der Waals surface area contributed by atoms with Crippen molar-refractivity contribution in [3.8, 4) is 11.8 Å². The maximum atomic E-state index is 12.1. The number of likely N-dealkylation sites (N-methyl/N-ethyl adjacent to an activating group) is 1. The highest BCUT2D eigenvalue weighted by Gasteiger charge is 2.47. The minimum Gasteiger partial charge on any atom is -0.387 e. The number of rotatable bonds is 4. The topological polar surface area (TPSA) is 192 Å². The van der Waals surface area contributed by atoms with Crippen LogP contribution in [0.15, 0.2) is 30.6 Å². The first-order valence-electron chi connectivity index (χ1n) is 9.86. The number of carbonyl (C=O) groups is 1. The van der Waals surface area contributed by atoms with Gasteiger partial charge in [-0.05, 0) is 25.0 Å². The number of fused-ring (bicyclic) bond motifs is 1. The molecule has 4 rings (SSSR count). The molecule has 1 fully saturated rings. The maximum absolute atomic E-state index is 12.1. The molecule has 0 spiro atoms. The number of hydrogen-bond donors (Lipinski definition) is 4. The normalized spacial score (nSPS) is 22.0. The van der Waals surface area contributed by atoms with Crippen molar-refractivity contribution in [1.29, 1.82) is 0 Å². The lowest BCUT2D eigenvalue weighted by molar-refractivity contribution is -0.384. The number of aromatic nitrogens is 4. The molecule has 0 aliphatic carbocycles. The number of aliphatic hydroxyl groups is 2. The van der Waals surface area contributed by atoms with Crippen LogP contribution >= 0.6 is 0 Å². The van der Waals surface area contributed by atoms with E-state index in [-0.39, 0.29) is 28.5 Å². The van der Waals surface area contributed by atoms with E-state index in [0.29, 0.717) is 12.1 Å². The average molecular weight is 453 g/mol. The smallest absolute Gasteiger partial charge is 0.269 e. The fraction of sp³-hybridized carbons (Fsp3) is 0.300. The highest BCUT2D eigenvalue weighted by atomic mass is 16.6. The van der Waals surface area contributed by atoms with Crippen molar-refractivity contribution in [2.45, 2.75) is 31.5 Å². The van der Waals surface area contributed by atoms with Crippen LogP contribution in [0, 0.1) is 22.0 Å². The summed E-state index contributed by atoms with van der Waals surface area (Å²) in [6, 6.07) is 5.63. The number of aliphatic hydroxyl groups excluding tert-OH is 2. The predicted octanol–water partition coefficient (Wildman–Crippen LogP) is -0.528. The molecule has 3 aromatic rings. The summed E-state index contributed by atoms with van der Waals surface area (Å²) in [6.07, 6.45) is -4.00. The summed E-state index contributed by atoms with van der Waals surface area (Å²) in [4.78, 5) is 34.9. The number of non-ortho nitro benzene ring substituents is 1. The van der Waals surface area contributed by atoms with E-state index in [9.17, 15) is 25.1 Å². The van der Waals surface area contributed by atoms with Crippen molar-refractivity contribution in [2.24, 2.45) is 0 Å². The molecule has 1 amide bonds. The van der Waals surface area contributed by atoms with Gasteiger partial charge in [-0.2, -0.15) is 0 Å². The number of nitro groups is 1. The molecule has 13 nitrogen and oxygen atoms in total. The first kappa shape index (κ1) is 22.1. The Labute approximate surface area is 186 Å². The molecule has 1 aliphatic heterocycles. The fourth-order valence-electron chi connectivity index (χ4n) is 3.36. The average Bonchev–Trinajstić information content (AvgIpc) is 3.34. The van der Waals surface area contributed by atoms with Gasteiger partial charge < -0.3 is 26.0 Å². The predicted molar refractivity (Wildman–Crippen MR) is 113 cm³/mol. The number of nitrogen functional groups attached to an aromatic ring is 1. The largest absolute Gasteiger partial charge is 0.387 e. The number of benzene rings is 1. The molecule has 5 N–H and O–H groups in total. The quantitative estimate of drug-likeness (QED) is 0.227. The van der Waals surface area contributed by atoms with Gasteiger partial charge in [-0.15, -0.1) is 0 Å². The van der Waals surface area contributed by atoms with Crippen LogP contribution in [0.5, 0.6) is 0 Å². The maximum Gasteiger partial charge on any atom is 0.269 e. The van der Waals surface area contributed by atoms with E-state index >= 15 is 0 Å². The van der Waals surface area contributed by atoms with Crippen LogP contribution in [0.25, 0.3) is 11.2 Å². The van der Waals surface area contributed by atoms with E-state index in [0.717, 1.165) is 0 Å². The third-order valence-electron chi connectivity index (χ3n) is 4.97. The molecule has 0 saturated carbocycles. The number of nitrogens with one attached hydrogen (secondary N) is 1. The number of nitro benzene ring substituents is 1. The van der Waals surface area contributed by atoms with Gasteiger partial charge in [-0.25, -0.2) is 15.0 Å². The molecule has 0 unspecified atom stereocenters. The second-order valence-electron chi connectivity index (χ2n) is 7.13. The zero-order chi connectivity index (χ0) is 23.7. The Morgan fingerprint density at radius 1 is 1.27 bits per heavy atom. The van der Waals surface area contributed by atoms with E-state index in [1.807, 2.05) is 0 Å². The van der Waals surface area contributed by atoms with Crippen molar-refractivity contribution in [1.82, 2.24) is 24.8 Å². The lowest BCUT2D eigenvalue weighted by Gasteiger charge is -2.16. The van der Waals surface area contributed by atoms with Crippen molar-refractivity contribution in [3.63, 3.8) is 0 Å². The number of hydrogen-bond acceptors (Lipinski definition) is 10. The van der Waals surface area contributed by atoms with E-state index in [1.54, 1.807) is 6.92 Å². The lowest BCUT2D eigenvalue weighted by Crippen LogP contribution is -2.42. The molecule has 1 aliphatic rings. The Hall–Kier alpha value is -4.12. The minimum atomic E-state index is -1.46. The Morgan fingerprint density at radius 3 is 2.67 bits per heavy atom. The van der Waals surface area contributed by atoms with Gasteiger partial charge in [0.15, 0.2) is 23.8 Å². The van der Waals surface area contributed by atoms with Gasteiger partial charge >= 0.3 is 0 Å². The lowest BCUT2D eigenvalue weighted by atomic mass is 10.1. The third kappa shape index (κ3) is 4.17. The summed E-state index contributed by atoms with van der Waals surface area (Å²) in [6.45, 7) is 2.05. The molecule has 0 radical (unpaired) electrons. The van der Waals surface area contributed by atoms with Gasteiger partial charge in [-0.3, -0.25) is 19.5 Å². The molecule has 0 bridgehead atoms. The summed E-state index contributed by atoms with van der Waals surface area (Å²) in [5, 5.41) is 34.1. The Bertz CT molecular complexity index is 1280. The number of ether oxygens (including phenoxy) is 1. The molecular formula is C20H19N7O6. The van der Waals surface area contributed by atoms with Crippen LogP contribution in [0.4, 0.5) is 11.5 Å². The molecule has 4 atom stereocenters. The van der Waals surface area contributed by atoms with Crippen LogP contribution in [0.1, 0.15) is 24.5 Å². The second kappa shape index (κ2) is 8.79. The summed E-state index contributed by atoms with van der Waals surface area (Å²) in [5.41, 5.74) is 6.83. The van der Waals surface area contributed by atoms with Crippen LogP contribution in [0.3, 0.4) is 0 Å². The SMILES string of the molecule is CCNC(=O)[C@H]1O[C@@H](n2cnc3c(N)nc(C#Cc4ccc([N+](=O)[O-])cc4)nc32)[C@H](O)[C@@H]1O. The number of amides is 1. The number of nitrogens with zero attached hydrogens (tertiary/aromatic N) is 5. The monoisotopic (exact) mass is 453 g/mol. The summed E-state index contributed by atoms with van der Waals surface area (Å²) in [5.74, 6) is 5.04. The minimum absolute atomic E-state index is 0.0278. The standard InChI is InChI=1S/C20H19N7O6/c1-2-22-19(30)16-14(28)15(29)20(33-16)26-9-23-13-17(21)24-12(25-18(13)26)8-5-10-3-6-11(7-4-10)27(31)32/h3-4,6-7,9,14-16,20,28-29H,2H2,1H3,(H,22,30)(H2,21,24,25)/t14-,15+,16-,20+/m0/s1. The van der Waals surface area contributed by atoms with Gasteiger partial charge in [0.1, 0.15) is 17.7 Å².